The molecule has 0 heterocycles. The predicted molar refractivity (Wildman–Crippen MR) is 90.9 cm³/mol. The normalized spacial score (nSPS) is 13.0. The van der Waals surface area contributed by atoms with E-state index in [9.17, 15) is 24.6 Å². The maximum atomic E-state index is 11.3. The van der Waals surface area contributed by atoms with Crippen LogP contribution >= 0.6 is 18.2 Å². The number of phenols is 2. The zero-order chi connectivity index (χ0) is 17.0. The summed E-state index contributed by atoms with van der Waals surface area (Å²) in [5.74, 6) is 0.324. The van der Waals surface area contributed by atoms with Crippen molar-refractivity contribution >= 4 is 18.2 Å². The van der Waals surface area contributed by atoms with Crippen LogP contribution < -0.4 is 0 Å². The first-order valence-electron chi connectivity index (χ1n) is 7.14. The van der Waals surface area contributed by atoms with E-state index < -0.39 is 6.80 Å². The number of hydrogen-bond acceptors (Lipinski definition) is 4. The second-order valence-corrected chi connectivity index (χ2v) is 8.85. The Labute approximate surface area is 138 Å². The molecule has 5 nitrogen and oxygen atoms in total. The van der Waals surface area contributed by atoms with E-state index in [1.165, 1.54) is 12.1 Å². The highest BCUT2D eigenvalue weighted by Crippen LogP contribution is 2.56. The highest BCUT2D eigenvalue weighted by Gasteiger charge is 2.20. The molecule has 0 aliphatic rings. The van der Waals surface area contributed by atoms with Gasteiger partial charge >= 0.3 is 6.80 Å². The molecular formula is C16H19O5PS. The fourth-order valence-corrected chi connectivity index (χ4v) is 4.41. The van der Waals surface area contributed by atoms with E-state index in [2.05, 4.69) is 0 Å². The number of hydrogen-bond donors (Lipinski definition) is 4. The molecule has 0 fully saturated rings. The molecule has 4 N–H and O–H groups in total. The zero-order valence-electron chi connectivity index (χ0n) is 12.6. The summed E-state index contributed by atoms with van der Waals surface area (Å²) in [6.07, 6.45) is 1.43. The Bertz CT molecular complexity index is 711. The van der Waals surface area contributed by atoms with E-state index in [1.807, 2.05) is 19.1 Å². The first-order chi connectivity index (χ1) is 10.8. The van der Waals surface area contributed by atoms with Gasteiger partial charge in [-0.1, -0.05) is 25.1 Å². The molecule has 0 spiro atoms. The second kappa shape index (κ2) is 7.41. The summed E-state index contributed by atoms with van der Waals surface area (Å²) in [4.78, 5) is 18.8. The molecule has 0 aromatic heterocycles. The van der Waals surface area contributed by atoms with E-state index in [4.69, 9.17) is 0 Å². The molecule has 0 aliphatic carbocycles. The number of rotatable bonds is 6. The third kappa shape index (κ3) is 5.29. The van der Waals surface area contributed by atoms with E-state index in [-0.39, 0.29) is 17.4 Å². The lowest BCUT2D eigenvalue weighted by atomic mass is 9.90. The quantitative estimate of drug-likeness (QED) is 0.585. The van der Waals surface area contributed by atoms with Crippen LogP contribution in [0.4, 0.5) is 0 Å². The average Bonchev–Trinajstić information content (AvgIpc) is 2.46. The Morgan fingerprint density at radius 2 is 1.65 bits per heavy atom. The lowest BCUT2D eigenvalue weighted by molar-refractivity contribution is 0.397. The van der Waals surface area contributed by atoms with Crippen molar-refractivity contribution in [3.05, 3.63) is 53.6 Å². The molecule has 124 valence electrons. The van der Waals surface area contributed by atoms with Crippen molar-refractivity contribution in [3.63, 3.8) is 0 Å². The Balaban J connectivity index is 2.30. The SMILES string of the molecule is CCC(Cc1ccc(O)cc1SP(=O)(O)O)c1ccc(O)cc1. The van der Waals surface area contributed by atoms with Crippen molar-refractivity contribution in [2.45, 2.75) is 30.6 Å². The standard InChI is InChI=1S/C16H19O5PS/c1-2-11(12-3-6-14(17)7-4-12)9-13-5-8-15(18)10-16(13)23-22(19,20)21/h3-8,10-11,17-18H,2,9H2,1H3,(H2,19,20,21). The van der Waals surface area contributed by atoms with Crippen LogP contribution in [0.1, 0.15) is 30.4 Å². The van der Waals surface area contributed by atoms with Gasteiger partial charge in [-0.3, -0.25) is 0 Å². The van der Waals surface area contributed by atoms with Gasteiger partial charge in [0.05, 0.1) is 0 Å². The van der Waals surface area contributed by atoms with Gasteiger partial charge in [0.1, 0.15) is 11.5 Å². The fourth-order valence-electron chi connectivity index (χ4n) is 2.43. The second-order valence-electron chi connectivity index (χ2n) is 5.27. The maximum absolute atomic E-state index is 11.3. The van der Waals surface area contributed by atoms with Gasteiger partial charge in [-0.15, -0.1) is 0 Å². The van der Waals surface area contributed by atoms with Crippen LogP contribution in [0.2, 0.25) is 0 Å². The molecular weight excluding hydrogens is 335 g/mol. The first-order valence-corrected chi connectivity index (χ1v) is 10.2. The molecule has 0 saturated heterocycles. The lowest BCUT2D eigenvalue weighted by Crippen LogP contribution is -2.03. The molecule has 0 saturated carbocycles. The van der Waals surface area contributed by atoms with E-state index in [0.29, 0.717) is 22.7 Å². The van der Waals surface area contributed by atoms with Gasteiger partial charge in [0.15, 0.2) is 0 Å². The molecule has 2 aromatic carbocycles. The largest absolute Gasteiger partial charge is 0.508 e. The van der Waals surface area contributed by atoms with Crippen LogP contribution in [0.5, 0.6) is 11.5 Å². The summed E-state index contributed by atoms with van der Waals surface area (Å²) in [7, 11) is 0. The first kappa shape index (κ1) is 17.9. The molecule has 0 amide bonds. The Morgan fingerprint density at radius 3 is 2.22 bits per heavy atom. The van der Waals surface area contributed by atoms with Gasteiger partial charge in [0.25, 0.3) is 0 Å². The van der Waals surface area contributed by atoms with Crippen molar-refractivity contribution < 1.29 is 24.6 Å². The summed E-state index contributed by atoms with van der Waals surface area (Å²) in [6.45, 7) is -2.26. The predicted octanol–water partition coefficient (Wildman–Crippen LogP) is 4.02. The number of phenolic OH excluding ortho intramolecular Hbond substituents is 2. The van der Waals surface area contributed by atoms with Crippen LogP contribution in [0.15, 0.2) is 47.4 Å². The van der Waals surface area contributed by atoms with Crippen molar-refractivity contribution in [1.82, 2.24) is 0 Å². The van der Waals surface area contributed by atoms with Crippen molar-refractivity contribution in [2.75, 3.05) is 0 Å². The van der Waals surface area contributed by atoms with Gasteiger partial charge in [0.2, 0.25) is 0 Å². The number of aromatic hydroxyl groups is 2. The monoisotopic (exact) mass is 354 g/mol. The average molecular weight is 354 g/mol. The smallest absolute Gasteiger partial charge is 0.388 e. The summed E-state index contributed by atoms with van der Waals surface area (Å²) in [5.41, 5.74) is 1.82. The third-order valence-corrected chi connectivity index (χ3v) is 5.71. The molecule has 7 heteroatoms. The number of benzene rings is 2. The summed E-state index contributed by atoms with van der Waals surface area (Å²) in [5, 5.41) is 19.0. The summed E-state index contributed by atoms with van der Waals surface area (Å²) >= 11 is 0.458. The molecule has 2 rings (SSSR count). The molecule has 0 radical (unpaired) electrons. The Morgan fingerprint density at radius 1 is 1.04 bits per heavy atom. The molecule has 1 unspecified atom stereocenters. The van der Waals surface area contributed by atoms with Crippen molar-refractivity contribution in [2.24, 2.45) is 0 Å². The molecule has 2 aromatic rings. The molecule has 0 bridgehead atoms. The molecule has 23 heavy (non-hydrogen) atoms. The van der Waals surface area contributed by atoms with Gasteiger partial charge in [-0.2, -0.15) is 0 Å². The van der Waals surface area contributed by atoms with Crippen LogP contribution in [0.3, 0.4) is 0 Å². The topological polar surface area (TPSA) is 98.0 Å². The third-order valence-electron chi connectivity index (χ3n) is 3.59. The van der Waals surface area contributed by atoms with E-state index in [1.54, 1.807) is 18.2 Å². The molecule has 0 aliphatic heterocycles. The Kier molecular flexibility index (Phi) is 5.76. The minimum absolute atomic E-state index is 0.0256. The molecule has 1 atom stereocenters. The van der Waals surface area contributed by atoms with Gasteiger partial charge in [-0.05, 0) is 65.5 Å². The van der Waals surface area contributed by atoms with Crippen molar-refractivity contribution in [3.8, 4) is 11.5 Å². The van der Waals surface area contributed by atoms with Crippen LogP contribution in [0, 0.1) is 0 Å². The maximum Gasteiger partial charge on any atom is 0.388 e. The zero-order valence-corrected chi connectivity index (χ0v) is 14.3. The minimum Gasteiger partial charge on any atom is -0.508 e. The Hall–Kier alpha value is -1.46. The van der Waals surface area contributed by atoms with Crippen LogP contribution in [-0.4, -0.2) is 20.0 Å². The fraction of sp³-hybridized carbons (Fsp3) is 0.250. The summed E-state index contributed by atoms with van der Waals surface area (Å²) < 4.78 is 11.3. The van der Waals surface area contributed by atoms with Crippen LogP contribution in [-0.2, 0) is 11.0 Å². The van der Waals surface area contributed by atoms with E-state index >= 15 is 0 Å². The van der Waals surface area contributed by atoms with Gasteiger partial charge in [-0.25, -0.2) is 4.57 Å². The van der Waals surface area contributed by atoms with Crippen molar-refractivity contribution in [1.29, 1.82) is 0 Å². The van der Waals surface area contributed by atoms with Gasteiger partial charge < -0.3 is 20.0 Å². The highest BCUT2D eigenvalue weighted by atomic mass is 32.7. The summed E-state index contributed by atoms with van der Waals surface area (Å²) in [6, 6.07) is 11.5. The lowest BCUT2D eigenvalue weighted by Gasteiger charge is -2.18. The van der Waals surface area contributed by atoms with Gasteiger partial charge in [0, 0.05) is 4.90 Å². The minimum atomic E-state index is -4.29. The highest BCUT2D eigenvalue weighted by molar-refractivity contribution is 8.54. The van der Waals surface area contributed by atoms with E-state index in [0.717, 1.165) is 17.5 Å². The van der Waals surface area contributed by atoms with Crippen LogP contribution in [0.25, 0.3) is 0 Å².